The number of carbonyl (C=O) groups excluding carboxylic acids is 1. The number of fused-ring (bicyclic) bond motifs is 1. The normalized spacial score (nSPS) is 15.0. The highest BCUT2D eigenvalue weighted by Gasteiger charge is 2.35. The molecule has 2 aromatic heterocycles. The summed E-state index contributed by atoms with van der Waals surface area (Å²) in [6.07, 6.45) is 1.62. The minimum Gasteiger partial charge on any atom is -0.496 e. The molecule has 40 heavy (non-hydrogen) atoms. The maximum absolute atomic E-state index is 13.8. The van der Waals surface area contributed by atoms with Crippen LogP contribution in [0, 0.1) is 17.0 Å². The van der Waals surface area contributed by atoms with Gasteiger partial charge in [-0.1, -0.05) is 29.5 Å². The molecule has 10 nitrogen and oxygen atoms in total. The molecule has 204 valence electrons. The Balaban J connectivity index is 1.63. The summed E-state index contributed by atoms with van der Waals surface area (Å²) in [7, 11) is 1.53. The number of nitrogens with zero attached hydrogens (tertiary/aromatic N) is 3. The van der Waals surface area contributed by atoms with E-state index in [0.29, 0.717) is 49.0 Å². The number of nitro groups is 1. The van der Waals surface area contributed by atoms with Crippen molar-refractivity contribution in [1.82, 2.24) is 4.57 Å². The summed E-state index contributed by atoms with van der Waals surface area (Å²) in [5.74, 6) is 0.905. The highest BCUT2D eigenvalue weighted by atomic mass is 32.1. The van der Waals surface area contributed by atoms with Gasteiger partial charge in [0.05, 0.1) is 34.4 Å². The van der Waals surface area contributed by atoms with Crippen LogP contribution in [0.5, 0.6) is 5.75 Å². The summed E-state index contributed by atoms with van der Waals surface area (Å²) in [6.45, 7) is 5.38. The van der Waals surface area contributed by atoms with Gasteiger partial charge >= 0.3 is 5.97 Å². The predicted molar refractivity (Wildman–Crippen MR) is 149 cm³/mol. The summed E-state index contributed by atoms with van der Waals surface area (Å²) in [5.41, 5.74) is 2.39. The third kappa shape index (κ3) is 4.75. The molecule has 1 atom stereocenters. The summed E-state index contributed by atoms with van der Waals surface area (Å²) >= 11 is 1.18. The van der Waals surface area contributed by atoms with Gasteiger partial charge in [0.25, 0.3) is 11.2 Å². The van der Waals surface area contributed by atoms with Crippen LogP contribution in [0.4, 0.5) is 5.69 Å². The number of benzene rings is 2. The number of methoxy groups -OCH3 is 1. The Morgan fingerprint density at radius 1 is 1.20 bits per heavy atom. The molecule has 11 heteroatoms. The third-order valence-electron chi connectivity index (χ3n) is 6.54. The van der Waals surface area contributed by atoms with Crippen molar-refractivity contribution in [1.29, 1.82) is 0 Å². The fourth-order valence-electron chi connectivity index (χ4n) is 4.72. The van der Waals surface area contributed by atoms with E-state index in [1.807, 2.05) is 18.2 Å². The lowest BCUT2D eigenvalue weighted by atomic mass is 9.95. The van der Waals surface area contributed by atoms with E-state index in [1.165, 1.54) is 35.1 Å². The molecule has 5 rings (SSSR count). The van der Waals surface area contributed by atoms with Gasteiger partial charge in [-0.3, -0.25) is 19.5 Å². The lowest BCUT2D eigenvalue weighted by Crippen LogP contribution is -2.40. The highest BCUT2D eigenvalue weighted by Crippen LogP contribution is 2.35. The van der Waals surface area contributed by atoms with Gasteiger partial charge in [0.1, 0.15) is 23.3 Å². The summed E-state index contributed by atoms with van der Waals surface area (Å²) in [6, 6.07) is 14.4. The van der Waals surface area contributed by atoms with Crippen LogP contribution in [-0.2, 0) is 9.53 Å². The number of aryl methyl sites for hydroxylation is 1. The first kappa shape index (κ1) is 26.8. The van der Waals surface area contributed by atoms with Crippen LogP contribution in [0.15, 0.2) is 80.1 Å². The fraction of sp³-hybridized carbons (Fsp3) is 0.207. The maximum Gasteiger partial charge on any atom is 0.338 e. The molecule has 0 fully saturated rings. The molecule has 0 saturated carbocycles. The first-order chi connectivity index (χ1) is 19.2. The second-order valence-corrected chi connectivity index (χ2v) is 10.0. The molecule has 0 bridgehead atoms. The monoisotopic (exact) mass is 559 g/mol. The topological polar surface area (TPSA) is 126 Å². The van der Waals surface area contributed by atoms with Gasteiger partial charge < -0.3 is 13.9 Å². The zero-order valence-corrected chi connectivity index (χ0v) is 23.0. The van der Waals surface area contributed by atoms with E-state index in [2.05, 4.69) is 4.99 Å². The van der Waals surface area contributed by atoms with Gasteiger partial charge in [-0.05, 0) is 50.6 Å². The molecule has 0 aliphatic carbocycles. The Morgan fingerprint density at radius 2 is 1.98 bits per heavy atom. The van der Waals surface area contributed by atoms with Crippen molar-refractivity contribution in [2.24, 2.45) is 4.99 Å². The molecular formula is C29H25N3O7S. The Kier molecular flexibility index (Phi) is 7.22. The van der Waals surface area contributed by atoms with Gasteiger partial charge in [0.15, 0.2) is 4.80 Å². The van der Waals surface area contributed by atoms with Crippen molar-refractivity contribution < 1.29 is 23.6 Å². The number of hydrogen-bond donors (Lipinski definition) is 0. The lowest BCUT2D eigenvalue weighted by Gasteiger charge is -2.25. The summed E-state index contributed by atoms with van der Waals surface area (Å²) < 4.78 is 18.8. The number of allylic oxidation sites excluding steroid dienone is 1. The molecule has 0 N–H and O–H groups in total. The number of hydrogen-bond acceptors (Lipinski definition) is 9. The van der Waals surface area contributed by atoms with E-state index in [-0.39, 0.29) is 23.4 Å². The molecule has 2 aromatic carbocycles. The van der Waals surface area contributed by atoms with E-state index >= 15 is 0 Å². The number of aromatic nitrogens is 1. The Morgan fingerprint density at radius 3 is 2.67 bits per heavy atom. The van der Waals surface area contributed by atoms with E-state index in [0.717, 1.165) is 0 Å². The molecular weight excluding hydrogens is 534 g/mol. The van der Waals surface area contributed by atoms with Crippen molar-refractivity contribution in [2.45, 2.75) is 26.8 Å². The van der Waals surface area contributed by atoms with Crippen LogP contribution in [-0.4, -0.2) is 29.2 Å². The first-order valence-electron chi connectivity index (χ1n) is 12.4. The van der Waals surface area contributed by atoms with Crippen LogP contribution < -0.4 is 19.6 Å². The zero-order chi connectivity index (χ0) is 28.6. The van der Waals surface area contributed by atoms with Crippen molar-refractivity contribution in [3.8, 4) is 17.1 Å². The van der Waals surface area contributed by atoms with Gasteiger partial charge in [0, 0.05) is 29.3 Å². The van der Waals surface area contributed by atoms with Gasteiger partial charge in [-0.15, -0.1) is 0 Å². The molecule has 0 unspecified atom stereocenters. The first-order valence-corrected chi connectivity index (χ1v) is 13.2. The Bertz CT molecular complexity index is 1860. The average molecular weight is 560 g/mol. The molecule has 1 aliphatic rings. The SMILES string of the molecule is CCOC(=O)C1=C(C)N=c2s/c(=C/c3ccc(-c4ccc([N+](=O)[O-])cc4C)o3)c(=O)n2[C@H]1c1ccccc1OC. The number of ether oxygens (including phenoxy) is 2. The quantitative estimate of drug-likeness (QED) is 0.188. The van der Waals surface area contributed by atoms with Crippen molar-refractivity contribution >= 4 is 29.1 Å². The van der Waals surface area contributed by atoms with Crippen LogP contribution in [0.3, 0.4) is 0 Å². The summed E-state index contributed by atoms with van der Waals surface area (Å²) in [4.78, 5) is 42.6. The van der Waals surface area contributed by atoms with E-state index in [4.69, 9.17) is 13.9 Å². The van der Waals surface area contributed by atoms with Crippen LogP contribution >= 0.6 is 11.3 Å². The molecule has 0 saturated heterocycles. The van der Waals surface area contributed by atoms with Crippen molar-refractivity contribution in [3.63, 3.8) is 0 Å². The minimum absolute atomic E-state index is 0.00350. The fourth-order valence-corrected chi connectivity index (χ4v) is 5.75. The lowest BCUT2D eigenvalue weighted by molar-refractivity contribution is -0.384. The second-order valence-electron chi connectivity index (χ2n) is 9.00. The van der Waals surface area contributed by atoms with Crippen molar-refractivity contribution in [2.75, 3.05) is 13.7 Å². The van der Waals surface area contributed by atoms with Gasteiger partial charge in [-0.2, -0.15) is 0 Å². The number of carbonyl (C=O) groups is 1. The smallest absolute Gasteiger partial charge is 0.338 e. The van der Waals surface area contributed by atoms with E-state index in [1.54, 1.807) is 51.1 Å². The number of para-hydroxylation sites is 1. The Labute approximate surface area is 232 Å². The maximum atomic E-state index is 13.8. The number of nitro benzene ring substituents is 1. The molecule has 0 spiro atoms. The standard InChI is InChI=1S/C29H25N3O7S/c1-5-38-28(34)25-17(3)30-29-31(26(25)21-8-6-7-9-22(21)37-4)27(33)24(40-29)15-19-11-13-23(39-19)20-12-10-18(32(35)36)14-16(20)2/h6-15,26H,5H2,1-4H3/b24-15+/t26-/m0/s1. The molecule has 0 radical (unpaired) electrons. The third-order valence-corrected chi connectivity index (χ3v) is 7.52. The molecule has 0 amide bonds. The van der Waals surface area contributed by atoms with Crippen molar-refractivity contribution in [3.05, 3.63) is 113 Å². The van der Waals surface area contributed by atoms with E-state index in [9.17, 15) is 19.7 Å². The second kappa shape index (κ2) is 10.8. The zero-order valence-electron chi connectivity index (χ0n) is 22.2. The van der Waals surface area contributed by atoms with Gasteiger partial charge in [0.2, 0.25) is 0 Å². The summed E-state index contributed by atoms with van der Waals surface area (Å²) in [5, 5.41) is 11.1. The highest BCUT2D eigenvalue weighted by molar-refractivity contribution is 7.07. The average Bonchev–Trinajstić information content (AvgIpc) is 3.51. The number of rotatable bonds is 7. The number of esters is 1. The number of non-ortho nitro benzene ring substituents is 1. The minimum atomic E-state index is -0.802. The van der Waals surface area contributed by atoms with Crippen LogP contribution in [0.1, 0.15) is 36.8 Å². The van der Waals surface area contributed by atoms with Crippen LogP contribution in [0.2, 0.25) is 0 Å². The van der Waals surface area contributed by atoms with Crippen LogP contribution in [0.25, 0.3) is 17.4 Å². The number of furan rings is 1. The Hall–Kier alpha value is -4.77. The van der Waals surface area contributed by atoms with Gasteiger partial charge in [-0.25, -0.2) is 9.79 Å². The molecule has 4 aromatic rings. The van der Waals surface area contributed by atoms with E-state index < -0.39 is 16.9 Å². The predicted octanol–water partition coefficient (Wildman–Crippen LogP) is 4.28. The largest absolute Gasteiger partial charge is 0.496 e. The molecule has 1 aliphatic heterocycles. The molecule has 3 heterocycles. The number of thiazole rings is 1.